The molecule has 1 aromatic carbocycles. The number of nitrogens with one attached hydrogen (secondary N) is 2. The molecule has 0 aliphatic heterocycles. The van der Waals surface area contributed by atoms with Gasteiger partial charge in [0.05, 0.1) is 12.6 Å². The van der Waals surface area contributed by atoms with Gasteiger partial charge in [-0.2, -0.15) is 0 Å². The summed E-state index contributed by atoms with van der Waals surface area (Å²) in [7, 11) is 0. The van der Waals surface area contributed by atoms with Crippen LogP contribution in [0.3, 0.4) is 0 Å². The summed E-state index contributed by atoms with van der Waals surface area (Å²) in [6.45, 7) is 1.76. The van der Waals surface area contributed by atoms with Crippen LogP contribution in [0.25, 0.3) is 0 Å². The number of rotatable bonds is 5. The van der Waals surface area contributed by atoms with E-state index in [9.17, 15) is 9.59 Å². The van der Waals surface area contributed by atoms with Gasteiger partial charge in [0.15, 0.2) is 0 Å². The van der Waals surface area contributed by atoms with Gasteiger partial charge in [-0.25, -0.2) is 4.98 Å². The highest BCUT2D eigenvalue weighted by Crippen LogP contribution is 2.14. The Bertz CT molecular complexity index is 610. The molecule has 2 aromatic rings. The lowest BCUT2D eigenvalue weighted by atomic mass is 10.2. The van der Waals surface area contributed by atoms with Crippen LogP contribution in [0.2, 0.25) is 0 Å². The summed E-state index contributed by atoms with van der Waals surface area (Å²) in [5, 5.41) is 8.01. The van der Waals surface area contributed by atoms with Gasteiger partial charge in [-0.15, -0.1) is 11.3 Å². The van der Waals surface area contributed by atoms with E-state index in [0.29, 0.717) is 11.3 Å². The van der Waals surface area contributed by atoms with Crippen LogP contribution in [0, 0.1) is 0 Å². The van der Waals surface area contributed by atoms with Crippen LogP contribution in [-0.2, 0) is 4.79 Å². The highest BCUT2D eigenvalue weighted by molar-refractivity contribution is 7.09. The second-order valence-electron chi connectivity index (χ2n) is 4.46. The fourth-order valence-corrected chi connectivity index (χ4v) is 2.35. The molecule has 2 rings (SSSR count). The zero-order valence-corrected chi connectivity index (χ0v) is 12.3. The van der Waals surface area contributed by atoms with Gasteiger partial charge < -0.3 is 16.4 Å². The molecule has 7 heteroatoms. The minimum atomic E-state index is -0.313. The Balaban J connectivity index is 1.81. The average Bonchev–Trinajstić information content (AvgIpc) is 3.00. The predicted molar refractivity (Wildman–Crippen MR) is 81.9 cm³/mol. The Labute approximate surface area is 126 Å². The van der Waals surface area contributed by atoms with Crippen molar-refractivity contribution in [3.05, 3.63) is 46.4 Å². The molecule has 0 fully saturated rings. The average molecular weight is 304 g/mol. The van der Waals surface area contributed by atoms with E-state index in [2.05, 4.69) is 15.6 Å². The molecule has 1 atom stereocenters. The molecule has 4 N–H and O–H groups in total. The van der Waals surface area contributed by atoms with E-state index in [1.165, 1.54) is 11.3 Å². The van der Waals surface area contributed by atoms with Gasteiger partial charge >= 0.3 is 0 Å². The summed E-state index contributed by atoms with van der Waals surface area (Å²) in [5.74, 6) is -0.575. The van der Waals surface area contributed by atoms with E-state index in [-0.39, 0.29) is 24.4 Å². The first-order valence-corrected chi connectivity index (χ1v) is 7.26. The maximum Gasteiger partial charge on any atom is 0.251 e. The van der Waals surface area contributed by atoms with Crippen LogP contribution in [0.15, 0.2) is 35.8 Å². The third kappa shape index (κ3) is 4.28. The smallest absolute Gasteiger partial charge is 0.251 e. The Morgan fingerprint density at radius 2 is 2.05 bits per heavy atom. The number of hydrogen-bond donors (Lipinski definition) is 3. The van der Waals surface area contributed by atoms with Crippen LogP contribution < -0.4 is 16.4 Å². The normalized spacial score (nSPS) is 11.7. The number of benzene rings is 1. The second kappa shape index (κ2) is 6.85. The molecule has 1 unspecified atom stereocenters. The minimum absolute atomic E-state index is 0.0844. The fourth-order valence-electron chi connectivity index (χ4n) is 1.70. The molecule has 0 spiro atoms. The number of amides is 2. The minimum Gasteiger partial charge on any atom is -0.399 e. The van der Waals surface area contributed by atoms with Gasteiger partial charge in [-0.1, -0.05) is 0 Å². The Morgan fingerprint density at radius 3 is 2.67 bits per heavy atom. The molecule has 0 saturated carbocycles. The van der Waals surface area contributed by atoms with Gasteiger partial charge in [-0.3, -0.25) is 9.59 Å². The number of anilines is 1. The molecular formula is C14H16N4O2S. The van der Waals surface area contributed by atoms with Crippen LogP contribution in [0.1, 0.15) is 28.3 Å². The number of carbonyl (C=O) groups is 2. The molecule has 1 heterocycles. The summed E-state index contributed by atoms with van der Waals surface area (Å²) in [5.41, 5.74) is 6.60. The van der Waals surface area contributed by atoms with E-state index >= 15 is 0 Å². The topological polar surface area (TPSA) is 97.1 Å². The number of thiazole rings is 1. The maximum absolute atomic E-state index is 11.8. The largest absolute Gasteiger partial charge is 0.399 e. The first kappa shape index (κ1) is 15.0. The van der Waals surface area contributed by atoms with Crippen molar-refractivity contribution in [3.8, 4) is 0 Å². The summed E-state index contributed by atoms with van der Waals surface area (Å²) >= 11 is 1.47. The lowest BCUT2D eigenvalue weighted by molar-refractivity contribution is -0.120. The Hall–Kier alpha value is -2.41. The number of nitrogen functional groups attached to an aromatic ring is 1. The van der Waals surface area contributed by atoms with Crippen LogP contribution in [0.4, 0.5) is 5.69 Å². The molecule has 110 valence electrons. The molecule has 0 aliphatic carbocycles. The van der Waals surface area contributed by atoms with E-state index in [0.717, 1.165) is 5.01 Å². The Kier molecular flexibility index (Phi) is 4.89. The third-order valence-corrected chi connectivity index (χ3v) is 3.74. The molecular weight excluding hydrogens is 288 g/mol. The molecule has 0 aliphatic rings. The van der Waals surface area contributed by atoms with Gasteiger partial charge in [0, 0.05) is 22.8 Å². The molecule has 6 nitrogen and oxygen atoms in total. The van der Waals surface area contributed by atoms with Crippen molar-refractivity contribution < 1.29 is 9.59 Å². The highest BCUT2D eigenvalue weighted by Gasteiger charge is 2.13. The summed E-state index contributed by atoms with van der Waals surface area (Å²) in [6.07, 6.45) is 1.69. The molecule has 2 amide bonds. The fraction of sp³-hybridized carbons (Fsp3) is 0.214. The van der Waals surface area contributed by atoms with Gasteiger partial charge in [0.25, 0.3) is 5.91 Å². The lowest BCUT2D eigenvalue weighted by Crippen LogP contribution is -2.38. The monoisotopic (exact) mass is 304 g/mol. The van der Waals surface area contributed by atoms with Crippen LogP contribution in [0.5, 0.6) is 0 Å². The van der Waals surface area contributed by atoms with Crippen molar-refractivity contribution in [1.29, 1.82) is 0 Å². The molecule has 21 heavy (non-hydrogen) atoms. The molecule has 1 aromatic heterocycles. The number of carbonyl (C=O) groups excluding carboxylic acids is 2. The third-order valence-electron chi connectivity index (χ3n) is 2.78. The van der Waals surface area contributed by atoms with Crippen molar-refractivity contribution in [3.63, 3.8) is 0 Å². The van der Waals surface area contributed by atoms with Gasteiger partial charge in [-0.05, 0) is 31.2 Å². The Morgan fingerprint density at radius 1 is 1.33 bits per heavy atom. The molecule has 0 bridgehead atoms. The van der Waals surface area contributed by atoms with Crippen molar-refractivity contribution in [2.45, 2.75) is 13.0 Å². The maximum atomic E-state index is 11.8. The van der Waals surface area contributed by atoms with Crippen molar-refractivity contribution in [2.24, 2.45) is 0 Å². The lowest BCUT2D eigenvalue weighted by Gasteiger charge is -2.11. The van der Waals surface area contributed by atoms with Crippen molar-refractivity contribution >= 4 is 28.8 Å². The van der Waals surface area contributed by atoms with Crippen molar-refractivity contribution in [1.82, 2.24) is 15.6 Å². The second-order valence-corrected chi connectivity index (χ2v) is 5.39. The summed E-state index contributed by atoms with van der Waals surface area (Å²) in [4.78, 5) is 27.7. The molecule has 0 saturated heterocycles. The van der Waals surface area contributed by atoms with E-state index in [1.54, 1.807) is 30.5 Å². The number of aromatic nitrogens is 1. The van der Waals surface area contributed by atoms with Gasteiger partial charge in [0.1, 0.15) is 5.01 Å². The zero-order valence-electron chi connectivity index (χ0n) is 11.5. The number of hydrogen-bond acceptors (Lipinski definition) is 5. The quantitative estimate of drug-likeness (QED) is 0.726. The van der Waals surface area contributed by atoms with E-state index < -0.39 is 0 Å². The van der Waals surface area contributed by atoms with Gasteiger partial charge in [0.2, 0.25) is 5.91 Å². The standard InChI is InChI=1S/C14H16N4O2S/c1-9(14-16-6-7-21-14)18-12(19)8-17-13(20)10-2-4-11(15)5-3-10/h2-7,9H,8,15H2,1H3,(H,17,20)(H,18,19). The van der Waals surface area contributed by atoms with Crippen LogP contribution in [-0.4, -0.2) is 23.3 Å². The highest BCUT2D eigenvalue weighted by atomic mass is 32.1. The number of nitrogens with two attached hydrogens (primary N) is 1. The van der Waals surface area contributed by atoms with E-state index in [4.69, 9.17) is 5.73 Å². The predicted octanol–water partition coefficient (Wildman–Crippen LogP) is 1.33. The summed E-state index contributed by atoms with van der Waals surface area (Å²) < 4.78 is 0. The summed E-state index contributed by atoms with van der Waals surface area (Å²) in [6, 6.07) is 6.33. The van der Waals surface area contributed by atoms with Crippen molar-refractivity contribution in [2.75, 3.05) is 12.3 Å². The first-order valence-electron chi connectivity index (χ1n) is 6.39. The molecule has 0 radical (unpaired) electrons. The number of nitrogens with zero attached hydrogens (tertiary/aromatic N) is 1. The van der Waals surface area contributed by atoms with E-state index in [1.807, 2.05) is 12.3 Å². The van der Waals surface area contributed by atoms with Crippen LogP contribution >= 0.6 is 11.3 Å². The zero-order chi connectivity index (χ0) is 15.2. The SMILES string of the molecule is CC(NC(=O)CNC(=O)c1ccc(N)cc1)c1nccs1. The first-order chi connectivity index (χ1) is 10.1.